The number of pyridine rings is 1. The van der Waals surface area contributed by atoms with Crippen molar-refractivity contribution in [3.63, 3.8) is 0 Å². The summed E-state index contributed by atoms with van der Waals surface area (Å²) in [6, 6.07) is 3.47. The number of carbonyl (C=O) groups is 3. The van der Waals surface area contributed by atoms with Crippen molar-refractivity contribution in [2.45, 2.75) is 44.3 Å². The van der Waals surface area contributed by atoms with Gasteiger partial charge in [0.15, 0.2) is 0 Å². The van der Waals surface area contributed by atoms with Crippen molar-refractivity contribution in [3.05, 3.63) is 35.3 Å². The van der Waals surface area contributed by atoms with E-state index in [1.54, 1.807) is 24.0 Å². The molecule has 5 rings (SSSR count). The van der Waals surface area contributed by atoms with Crippen LogP contribution in [0.3, 0.4) is 0 Å². The van der Waals surface area contributed by atoms with Gasteiger partial charge in [0.25, 0.3) is 11.8 Å². The Balaban J connectivity index is 1.38. The first kappa shape index (κ1) is 24.4. The van der Waals surface area contributed by atoms with Crippen LogP contribution < -0.4 is 20.3 Å². The molecule has 12 heteroatoms. The molecule has 0 aliphatic carbocycles. The van der Waals surface area contributed by atoms with Crippen molar-refractivity contribution >= 4 is 41.0 Å². The number of aliphatic hydroxyl groups excluding tert-OH is 1. The highest BCUT2D eigenvalue weighted by molar-refractivity contribution is 8.01. The number of nitrogens with one attached hydrogen (secondary N) is 2. The molecule has 36 heavy (non-hydrogen) atoms. The lowest BCUT2D eigenvalue weighted by Gasteiger charge is -2.35. The molecule has 0 aromatic carbocycles. The molecule has 192 valence electrons. The predicted molar refractivity (Wildman–Crippen MR) is 133 cm³/mol. The fourth-order valence-corrected chi connectivity index (χ4v) is 5.13. The van der Waals surface area contributed by atoms with Gasteiger partial charge in [-0.1, -0.05) is 0 Å². The first-order chi connectivity index (χ1) is 17.1. The Labute approximate surface area is 212 Å². The van der Waals surface area contributed by atoms with Gasteiger partial charge in [0.2, 0.25) is 11.8 Å². The van der Waals surface area contributed by atoms with E-state index < -0.39 is 23.0 Å². The summed E-state index contributed by atoms with van der Waals surface area (Å²) in [7, 11) is 0. The van der Waals surface area contributed by atoms with Crippen LogP contribution >= 0.6 is 11.8 Å². The zero-order chi connectivity index (χ0) is 25.6. The summed E-state index contributed by atoms with van der Waals surface area (Å²) < 4.78 is 11.5. The highest BCUT2D eigenvalue weighted by Gasteiger charge is 2.37. The molecule has 2 unspecified atom stereocenters. The molecule has 3 amide bonds. The molecule has 2 aromatic rings. The molecule has 0 spiro atoms. The predicted octanol–water partition coefficient (Wildman–Crippen LogP) is 1.47. The van der Waals surface area contributed by atoms with Crippen molar-refractivity contribution in [2.75, 3.05) is 42.1 Å². The van der Waals surface area contributed by atoms with Crippen molar-refractivity contribution in [1.82, 2.24) is 15.2 Å². The number of nitrogens with zero attached hydrogens (tertiary/aromatic N) is 3. The van der Waals surface area contributed by atoms with Crippen LogP contribution in [0.15, 0.2) is 22.8 Å². The minimum Gasteiger partial charge on any atom is -0.468 e. The van der Waals surface area contributed by atoms with E-state index in [-0.39, 0.29) is 28.8 Å². The molecule has 3 N–H and O–H groups in total. The summed E-state index contributed by atoms with van der Waals surface area (Å²) in [6.45, 7) is 7.75. The summed E-state index contributed by atoms with van der Waals surface area (Å²) in [5.41, 5.74) is -0.457. The molecule has 0 radical (unpaired) electrons. The van der Waals surface area contributed by atoms with Gasteiger partial charge in [-0.15, -0.1) is 11.8 Å². The summed E-state index contributed by atoms with van der Waals surface area (Å²) in [4.78, 5) is 46.0. The second-order valence-corrected chi connectivity index (χ2v) is 11.0. The molecule has 0 saturated carbocycles. The summed E-state index contributed by atoms with van der Waals surface area (Å²) >= 11 is 1.37. The Hall–Kier alpha value is -3.25. The molecule has 3 aliphatic rings. The van der Waals surface area contributed by atoms with E-state index in [1.165, 1.54) is 18.0 Å². The third kappa shape index (κ3) is 4.74. The molecule has 3 aliphatic heterocycles. The third-order valence-electron chi connectivity index (χ3n) is 6.55. The lowest BCUT2D eigenvalue weighted by molar-refractivity contribution is -0.129. The number of thioether (sulfide) groups is 1. The van der Waals surface area contributed by atoms with Gasteiger partial charge in [-0.2, -0.15) is 4.98 Å². The highest BCUT2D eigenvalue weighted by Crippen LogP contribution is 2.35. The van der Waals surface area contributed by atoms with E-state index >= 15 is 0 Å². The standard InChI is InChI=1S/C24H29N5O6S/c1-13(30)28-6-8-29(9-7-28)18-5-4-15(22(26-18)35-17-12-36-23(17)33)25-20(31)14-11-34-16-10-24(2,3)27-21(32)19(14)16/h4-5,11,17,23,33H,6-10,12H2,1-3H3,(H,25,31)(H,27,32). The number of carbonyl (C=O) groups excluding carboxylic acids is 3. The van der Waals surface area contributed by atoms with Gasteiger partial charge < -0.3 is 34.7 Å². The number of anilines is 2. The van der Waals surface area contributed by atoms with Gasteiger partial charge in [0.1, 0.15) is 35.1 Å². The van der Waals surface area contributed by atoms with Crippen LogP contribution in [0.1, 0.15) is 47.2 Å². The second kappa shape index (κ2) is 9.32. The molecule has 2 aromatic heterocycles. The average Bonchev–Trinajstić information content (AvgIpc) is 3.25. The fourth-order valence-electron chi connectivity index (χ4n) is 4.49. The number of aliphatic hydroxyl groups is 1. The Morgan fingerprint density at radius 1 is 1.28 bits per heavy atom. The molecule has 2 atom stereocenters. The number of rotatable bonds is 5. The van der Waals surface area contributed by atoms with Crippen LogP contribution in [0.25, 0.3) is 0 Å². The van der Waals surface area contributed by atoms with Crippen LogP contribution in [0.4, 0.5) is 11.5 Å². The SMILES string of the molecule is CC(=O)N1CCN(c2ccc(NC(=O)c3coc4c3C(=O)NC(C)(C)C4)c(OC3CSC3O)n2)CC1. The lowest BCUT2D eigenvalue weighted by atomic mass is 9.91. The van der Waals surface area contributed by atoms with E-state index in [4.69, 9.17) is 9.15 Å². The number of amides is 3. The monoisotopic (exact) mass is 515 g/mol. The van der Waals surface area contributed by atoms with Crippen molar-refractivity contribution in [3.8, 4) is 5.88 Å². The summed E-state index contributed by atoms with van der Waals surface area (Å²) in [6.07, 6.45) is 1.32. The smallest absolute Gasteiger partial charge is 0.259 e. The Morgan fingerprint density at radius 3 is 2.67 bits per heavy atom. The van der Waals surface area contributed by atoms with E-state index in [0.29, 0.717) is 55.6 Å². The number of piperazine rings is 1. The lowest BCUT2D eigenvalue weighted by Crippen LogP contribution is -2.49. The Kier molecular flexibility index (Phi) is 6.33. The van der Waals surface area contributed by atoms with Crippen LogP contribution in [0, 0.1) is 0 Å². The van der Waals surface area contributed by atoms with Crippen molar-refractivity contribution in [2.24, 2.45) is 0 Å². The fraction of sp³-hybridized carbons (Fsp3) is 0.500. The second-order valence-electron chi connectivity index (χ2n) is 9.81. The molecule has 5 heterocycles. The average molecular weight is 516 g/mol. The Bertz CT molecular complexity index is 1210. The normalized spacial score (nSPS) is 22.8. The molecular weight excluding hydrogens is 486 g/mol. The van der Waals surface area contributed by atoms with Crippen LogP contribution in [0.2, 0.25) is 0 Å². The molecular formula is C24H29N5O6S. The maximum atomic E-state index is 13.2. The minimum atomic E-state index is -0.675. The van der Waals surface area contributed by atoms with E-state index in [1.807, 2.05) is 18.7 Å². The van der Waals surface area contributed by atoms with Crippen molar-refractivity contribution < 1.29 is 28.6 Å². The minimum absolute atomic E-state index is 0.0415. The zero-order valence-electron chi connectivity index (χ0n) is 20.4. The van der Waals surface area contributed by atoms with E-state index in [9.17, 15) is 19.5 Å². The van der Waals surface area contributed by atoms with E-state index in [0.717, 1.165) is 0 Å². The van der Waals surface area contributed by atoms with Crippen LogP contribution in [0.5, 0.6) is 5.88 Å². The number of fused-ring (bicyclic) bond motifs is 1. The topological polar surface area (TPSA) is 137 Å². The van der Waals surface area contributed by atoms with Gasteiger partial charge in [-0.3, -0.25) is 14.4 Å². The largest absolute Gasteiger partial charge is 0.468 e. The van der Waals surface area contributed by atoms with Crippen LogP contribution in [-0.2, 0) is 11.2 Å². The highest BCUT2D eigenvalue weighted by atomic mass is 32.2. The molecule has 2 fully saturated rings. The third-order valence-corrected chi connectivity index (χ3v) is 7.71. The quantitative estimate of drug-likeness (QED) is 0.541. The molecule has 2 saturated heterocycles. The van der Waals surface area contributed by atoms with Crippen LogP contribution in [-0.4, -0.2) is 81.7 Å². The maximum absolute atomic E-state index is 13.2. The number of furan rings is 1. The number of ether oxygens (including phenoxy) is 1. The Morgan fingerprint density at radius 2 is 2.03 bits per heavy atom. The number of hydrogen-bond acceptors (Lipinski definition) is 9. The summed E-state index contributed by atoms with van der Waals surface area (Å²) in [5, 5.41) is 15.7. The first-order valence-corrected chi connectivity index (χ1v) is 12.9. The van der Waals surface area contributed by atoms with Gasteiger partial charge in [-0.25, -0.2) is 0 Å². The zero-order valence-corrected chi connectivity index (χ0v) is 21.2. The van der Waals surface area contributed by atoms with Crippen molar-refractivity contribution in [1.29, 1.82) is 0 Å². The van der Waals surface area contributed by atoms with Gasteiger partial charge in [-0.05, 0) is 26.0 Å². The first-order valence-electron chi connectivity index (χ1n) is 11.8. The molecule has 11 nitrogen and oxygen atoms in total. The number of hydrogen-bond donors (Lipinski definition) is 3. The van der Waals surface area contributed by atoms with E-state index in [2.05, 4.69) is 15.6 Å². The van der Waals surface area contributed by atoms with Gasteiger partial charge >= 0.3 is 0 Å². The summed E-state index contributed by atoms with van der Waals surface area (Å²) in [5.74, 6) is 1.07. The maximum Gasteiger partial charge on any atom is 0.259 e. The number of aromatic nitrogens is 1. The van der Waals surface area contributed by atoms with Gasteiger partial charge in [0, 0.05) is 50.8 Å². The molecule has 0 bridgehead atoms. The van der Waals surface area contributed by atoms with Gasteiger partial charge in [0.05, 0.1) is 11.1 Å².